The first kappa shape index (κ1) is 27.5. The van der Waals surface area contributed by atoms with E-state index in [0.29, 0.717) is 42.5 Å². The van der Waals surface area contributed by atoms with E-state index in [1.54, 1.807) is 14.2 Å². The Hall–Kier alpha value is -1.30. The summed E-state index contributed by atoms with van der Waals surface area (Å²) in [4.78, 5) is 29.7. The molecule has 4 saturated heterocycles. The molecule has 0 radical (unpaired) electrons. The second kappa shape index (κ2) is 11.1. The van der Waals surface area contributed by atoms with E-state index in [0.717, 1.165) is 64.3 Å². The molecule has 0 spiro atoms. The number of hydrogen-bond donors (Lipinski definition) is 2. The van der Waals surface area contributed by atoms with Gasteiger partial charge >= 0.3 is 0 Å². The molecule has 7 rings (SSSR count). The van der Waals surface area contributed by atoms with E-state index in [4.69, 9.17) is 23.7 Å². The third-order valence-corrected chi connectivity index (χ3v) is 11.8. The van der Waals surface area contributed by atoms with Crippen molar-refractivity contribution in [3.05, 3.63) is 0 Å². The highest BCUT2D eigenvalue weighted by Gasteiger charge is 2.66. The summed E-state index contributed by atoms with van der Waals surface area (Å²) in [5.74, 6) is 1.45. The van der Waals surface area contributed by atoms with Crippen molar-refractivity contribution in [3.8, 4) is 0 Å². The Kier molecular flexibility index (Phi) is 7.62. The van der Waals surface area contributed by atoms with Gasteiger partial charge in [0.1, 0.15) is 18.9 Å². The SMILES string of the molecule is COC1CCC2C3[NH2+]CCC4C5CC(O[C@@H](C)C(=O)NC6CCC7OCOC7C6)CCC5N(C(=O)C2C1OC)C43. The van der Waals surface area contributed by atoms with Crippen LogP contribution >= 0.6 is 0 Å². The summed E-state index contributed by atoms with van der Waals surface area (Å²) in [5, 5.41) is 5.75. The molecule has 3 saturated carbocycles. The largest absolute Gasteiger partial charge is 0.379 e. The summed E-state index contributed by atoms with van der Waals surface area (Å²) in [5.41, 5.74) is 0. The number of nitrogens with two attached hydrogens (primary N) is 1. The summed E-state index contributed by atoms with van der Waals surface area (Å²) in [6.07, 6.45) is 8.18. The van der Waals surface area contributed by atoms with Gasteiger partial charge in [0.25, 0.3) is 0 Å². The van der Waals surface area contributed by atoms with Crippen molar-refractivity contribution in [3.63, 3.8) is 0 Å². The minimum Gasteiger partial charge on any atom is -0.379 e. The van der Waals surface area contributed by atoms with Gasteiger partial charge in [0.05, 0.1) is 49.0 Å². The van der Waals surface area contributed by atoms with Crippen LogP contribution in [0, 0.1) is 23.7 Å². The molecule has 7 fully saturated rings. The highest BCUT2D eigenvalue weighted by atomic mass is 16.7. The van der Waals surface area contributed by atoms with Crippen LogP contribution in [0.15, 0.2) is 0 Å². The molecule has 7 aliphatic rings. The summed E-state index contributed by atoms with van der Waals surface area (Å²) in [7, 11) is 3.48. The summed E-state index contributed by atoms with van der Waals surface area (Å²) < 4.78 is 29.5. The molecule has 4 heterocycles. The zero-order chi connectivity index (χ0) is 27.5. The average Bonchev–Trinajstić information content (AvgIpc) is 3.57. The predicted molar refractivity (Wildman–Crippen MR) is 143 cm³/mol. The molecule has 3 N–H and O–H groups in total. The first-order valence-corrected chi connectivity index (χ1v) is 15.9. The number of piperidine rings is 2. The van der Waals surface area contributed by atoms with E-state index in [1.807, 2.05) is 6.92 Å². The van der Waals surface area contributed by atoms with Crippen molar-refractivity contribution in [1.29, 1.82) is 0 Å². The predicted octanol–water partition coefficient (Wildman–Crippen LogP) is 0.572. The summed E-state index contributed by atoms with van der Waals surface area (Å²) >= 11 is 0. The number of hydrogen-bond acceptors (Lipinski definition) is 7. The van der Waals surface area contributed by atoms with Crippen molar-refractivity contribution in [2.75, 3.05) is 27.6 Å². The van der Waals surface area contributed by atoms with Crippen LogP contribution < -0.4 is 10.6 Å². The molecule has 0 aromatic heterocycles. The summed E-state index contributed by atoms with van der Waals surface area (Å²) in [6.45, 7) is 3.37. The van der Waals surface area contributed by atoms with Gasteiger partial charge in [0.2, 0.25) is 11.8 Å². The number of rotatable bonds is 6. The first-order valence-electron chi connectivity index (χ1n) is 15.9. The van der Waals surface area contributed by atoms with Crippen molar-refractivity contribution in [2.45, 2.75) is 126 Å². The Balaban J connectivity index is 1.01. The van der Waals surface area contributed by atoms with Gasteiger partial charge in [0.15, 0.2) is 0 Å². The Morgan fingerprint density at radius 1 is 0.975 bits per heavy atom. The number of methoxy groups -OCH3 is 2. The fourth-order valence-corrected chi connectivity index (χ4v) is 10.1. The van der Waals surface area contributed by atoms with E-state index in [9.17, 15) is 9.59 Å². The zero-order valence-electron chi connectivity index (χ0n) is 24.2. The second-order valence-corrected chi connectivity index (χ2v) is 13.5. The molecule has 4 aliphatic heterocycles. The van der Waals surface area contributed by atoms with Gasteiger partial charge in [0, 0.05) is 38.6 Å². The molecule has 10 nitrogen and oxygen atoms in total. The van der Waals surface area contributed by atoms with Gasteiger partial charge in [-0.05, 0) is 70.1 Å². The quantitative estimate of drug-likeness (QED) is 0.487. The maximum Gasteiger partial charge on any atom is 0.249 e. The Morgan fingerprint density at radius 2 is 1.82 bits per heavy atom. The number of carbonyl (C=O) groups is 2. The lowest BCUT2D eigenvalue weighted by Crippen LogP contribution is -2.99. The fraction of sp³-hybridized carbons (Fsp3) is 0.933. The normalized spacial score (nSPS) is 48.5. The molecular weight excluding hydrogens is 514 g/mol. The van der Waals surface area contributed by atoms with E-state index < -0.39 is 6.10 Å². The number of nitrogens with zero attached hydrogens (tertiary/aromatic N) is 1. The summed E-state index contributed by atoms with van der Waals surface area (Å²) in [6, 6.07) is 1.13. The first-order chi connectivity index (χ1) is 19.5. The van der Waals surface area contributed by atoms with Crippen molar-refractivity contribution in [1.82, 2.24) is 10.2 Å². The monoisotopic (exact) mass is 562 g/mol. The van der Waals surface area contributed by atoms with Crippen LogP contribution in [0.2, 0.25) is 0 Å². The molecule has 0 bridgehead atoms. The number of quaternary nitrogens is 1. The Bertz CT molecular complexity index is 968. The second-order valence-electron chi connectivity index (χ2n) is 13.5. The standard InChI is InChI=1S/C30H47N3O7/c1-15(29(34)32-16-4-8-22-24(12-16)39-14-38-22)40-17-5-7-21-20(13-17)18-10-11-31-26-19-6-9-23(36-2)28(37-3)25(19)30(35)33(21)27(18)26/h15-28,31H,4-14H2,1-3H3,(H,32,34)/p+1/t15-,16?,17?,18?,19?,20?,21?,22?,23?,24?,25?,26?,27?,28?/m0/s1. The molecule has 40 heavy (non-hydrogen) atoms. The molecule has 0 aromatic carbocycles. The topological polar surface area (TPSA) is 112 Å². The average molecular weight is 563 g/mol. The van der Waals surface area contributed by atoms with Crippen LogP contribution in [0.4, 0.5) is 0 Å². The highest BCUT2D eigenvalue weighted by Crippen LogP contribution is 2.53. The van der Waals surface area contributed by atoms with Crippen molar-refractivity contribution < 1.29 is 38.6 Å². The van der Waals surface area contributed by atoms with Crippen LogP contribution in [-0.4, -0.2) is 105 Å². The van der Waals surface area contributed by atoms with Gasteiger partial charge in [-0.2, -0.15) is 0 Å². The molecule has 0 aromatic rings. The van der Waals surface area contributed by atoms with Gasteiger partial charge in [-0.15, -0.1) is 0 Å². The molecular formula is C30H48N3O7+. The van der Waals surface area contributed by atoms with Crippen LogP contribution in [-0.2, 0) is 33.3 Å². The van der Waals surface area contributed by atoms with Crippen LogP contribution in [0.5, 0.6) is 0 Å². The van der Waals surface area contributed by atoms with E-state index in [-0.39, 0.29) is 54.4 Å². The maximum atomic E-state index is 14.2. The lowest BCUT2D eigenvalue weighted by atomic mass is 9.64. The molecule has 3 aliphatic carbocycles. The number of amides is 2. The number of nitrogens with one attached hydrogen (secondary N) is 1. The molecule has 10 heteroatoms. The molecule has 2 amide bonds. The number of fused-ring (bicyclic) bond motifs is 6. The van der Waals surface area contributed by atoms with Crippen molar-refractivity contribution >= 4 is 11.8 Å². The molecule has 14 atom stereocenters. The smallest absolute Gasteiger partial charge is 0.249 e. The van der Waals surface area contributed by atoms with Crippen LogP contribution in [0.1, 0.15) is 64.7 Å². The van der Waals surface area contributed by atoms with Gasteiger partial charge in [-0.1, -0.05) is 0 Å². The van der Waals surface area contributed by atoms with E-state index in [1.165, 1.54) is 0 Å². The van der Waals surface area contributed by atoms with Gasteiger partial charge < -0.3 is 39.2 Å². The number of ether oxygens (including phenoxy) is 5. The Morgan fingerprint density at radius 3 is 2.65 bits per heavy atom. The van der Waals surface area contributed by atoms with Crippen LogP contribution in [0.25, 0.3) is 0 Å². The zero-order valence-corrected chi connectivity index (χ0v) is 24.2. The highest BCUT2D eigenvalue weighted by molar-refractivity contribution is 5.83. The van der Waals surface area contributed by atoms with Crippen LogP contribution in [0.3, 0.4) is 0 Å². The third-order valence-electron chi connectivity index (χ3n) is 11.8. The third kappa shape index (κ3) is 4.52. The van der Waals surface area contributed by atoms with Gasteiger partial charge in [-0.25, -0.2) is 0 Å². The molecule has 224 valence electrons. The lowest BCUT2D eigenvalue weighted by Gasteiger charge is -2.53. The van der Waals surface area contributed by atoms with E-state index >= 15 is 0 Å². The lowest BCUT2D eigenvalue weighted by molar-refractivity contribution is -0.713. The fourth-order valence-electron chi connectivity index (χ4n) is 10.1. The number of carbonyl (C=O) groups excluding carboxylic acids is 2. The molecule has 13 unspecified atom stereocenters. The van der Waals surface area contributed by atoms with E-state index in [2.05, 4.69) is 15.5 Å². The van der Waals surface area contributed by atoms with Crippen molar-refractivity contribution in [2.24, 2.45) is 23.7 Å². The minimum atomic E-state index is -0.491. The van der Waals surface area contributed by atoms with Gasteiger partial charge in [-0.3, -0.25) is 9.59 Å². The maximum absolute atomic E-state index is 14.2. The Labute approximate surface area is 237 Å². The minimum absolute atomic E-state index is 0.0182.